The molecule has 2 aromatic carbocycles. The van der Waals surface area contributed by atoms with Gasteiger partial charge in [-0.2, -0.15) is 0 Å². The molecule has 0 heterocycles. The standard InChI is InChI=1S/C17H19NO3/c1-20-15-9-5-8-14(10-15)12-21-17(19)16(18)11-13-6-3-2-4-7-13/h2-10,16H,11-12,18H2,1H3/t16-/m0/s1. The molecule has 4 nitrogen and oxygen atoms in total. The summed E-state index contributed by atoms with van der Waals surface area (Å²) in [6.07, 6.45) is 0.470. The number of ether oxygens (including phenoxy) is 2. The largest absolute Gasteiger partial charge is 0.497 e. The van der Waals surface area contributed by atoms with Crippen molar-refractivity contribution < 1.29 is 14.3 Å². The molecule has 0 bridgehead atoms. The average molecular weight is 285 g/mol. The van der Waals surface area contributed by atoms with Crippen molar-refractivity contribution in [1.29, 1.82) is 0 Å². The molecule has 2 rings (SSSR count). The molecule has 0 aliphatic carbocycles. The molecule has 4 heteroatoms. The Balaban J connectivity index is 1.86. The zero-order chi connectivity index (χ0) is 15.1. The van der Waals surface area contributed by atoms with Gasteiger partial charge in [-0.25, -0.2) is 0 Å². The number of hydrogen-bond acceptors (Lipinski definition) is 4. The van der Waals surface area contributed by atoms with Crippen molar-refractivity contribution in [2.24, 2.45) is 5.73 Å². The molecule has 0 unspecified atom stereocenters. The van der Waals surface area contributed by atoms with Gasteiger partial charge in [0.15, 0.2) is 0 Å². The van der Waals surface area contributed by atoms with Crippen LogP contribution in [0.2, 0.25) is 0 Å². The topological polar surface area (TPSA) is 61.5 Å². The lowest BCUT2D eigenvalue weighted by atomic mass is 10.1. The lowest BCUT2D eigenvalue weighted by Gasteiger charge is -2.12. The number of rotatable bonds is 6. The van der Waals surface area contributed by atoms with Gasteiger partial charge in [0.25, 0.3) is 0 Å². The maximum absolute atomic E-state index is 11.9. The summed E-state index contributed by atoms with van der Waals surface area (Å²) >= 11 is 0. The highest BCUT2D eigenvalue weighted by atomic mass is 16.5. The van der Waals surface area contributed by atoms with Crippen LogP contribution in [-0.2, 0) is 22.6 Å². The summed E-state index contributed by atoms with van der Waals surface area (Å²) in [7, 11) is 1.60. The van der Waals surface area contributed by atoms with E-state index in [2.05, 4.69) is 0 Å². The van der Waals surface area contributed by atoms with Gasteiger partial charge in [0.2, 0.25) is 0 Å². The smallest absolute Gasteiger partial charge is 0.323 e. The Labute approximate surface area is 124 Å². The number of carbonyl (C=O) groups excluding carboxylic acids is 1. The summed E-state index contributed by atoms with van der Waals surface area (Å²) in [6.45, 7) is 0.193. The van der Waals surface area contributed by atoms with E-state index >= 15 is 0 Å². The van der Waals surface area contributed by atoms with Gasteiger partial charge in [-0.1, -0.05) is 42.5 Å². The van der Waals surface area contributed by atoms with Crippen LogP contribution in [0, 0.1) is 0 Å². The average Bonchev–Trinajstić information content (AvgIpc) is 2.53. The van der Waals surface area contributed by atoms with E-state index in [1.807, 2.05) is 54.6 Å². The first kappa shape index (κ1) is 15.1. The normalized spacial score (nSPS) is 11.7. The van der Waals surface area contributed by atoms with E-state index in [0.717, 1.165) is 16.9 Å². The molecular formula is C17H19NO3. The molecule has 2 aromatic rings. The SMILES string of the molecule is COc1cccc(COC(=O)[C@@H](N)Cc2ccccc2)c1. The Bertz CT molecular complexity index is 584. The van der Waals surface area contributed by atoms with Crippen molar-refractivity contribution >= 4 is 5.97 Å². The number of methoxy groups -OCH3 is 1. The first-order chi connectivity index (χ1) is 10.2. The van der Waals surface area contributed by atoms with Crippen LogP contribution in [0.1, 0.15) is 11.1 Å². The fourth-order valence-electron chi connectivity index (χ4n) is 1.98. The fraction of sp³-hybridized carbons (Fsp3) is 0.235. The molecule has 0 aliphatic heterocycles. The number of nitrogens with two attached hydrogens (primary N) is 1. The van der Waals surface area contributed by atoms with Crippen molar-refractivity contribution in [2.45, 2.75) is 19.1 Å². The lowest BCUT2D eigenvalue weighted by molar-refractivity contribution is -0.146. The molecule has 0 radical (unpaired) electrons. The number of esters is 1. The summed E-state index contributed by atoms with van der Waals surface area (Å²) in [5, 5.41) is 0. The third-order valence-electron chi connectivity index (χ3n) is 3.12. The van der Waals surface area contributed by atoms with Gasteiger partial charge >= 0.3 is 5.97 Å². The van der Waals surface area contributed by atoms with Crippen LogP contribution in [0.25, 0.3) is 0 Å². The van der Waals surface area contributed by atoms with Gasteiger partial charge in [0.05, 0.1) is 7.11 Å². The van der Waals surface area contributed by atoms with Gasteiger partial charge in [-0.3, -0.25) is 4.79 Å². The van der Waals surface area contributed by atoms with E-state index in [-0.39, 0.29) is 6.61 Å². The quantitative estimate of drug-likeness (QED) is 0.827. The summed E-state index contributed by atoms with van der Waals surface area (Å²) < 4.78 is 10.4. The van der Waals surface area contributed by atoms with Gasteiger partial charge in [0.1, 0.15) is 18.4 Å². The van der Waals surface area contributed by atoms with Crippen LogP contribution in [0.15, 0.2) is 54.6 Å². The molecule has 110 valence electrons. The molecule has 1 atom stereocenters. The number of carbonyl (C=O) groups is 1. The second kappa shape index (κ2) is 7.45. The van der Waals surface area contributed by atoms with Crippen molar-refractivity contribution in [2.75, 3.05) is 7.11 Å². The third kappa shape index (κ3) is 4.61. The molecule has 0 aromatic heterocycles. The summed E-state index contributed by atoms with van der Waals surface area (Å²) in [5.74, 6) is 0.332. The predicted molar refractivity (Wildman–Crippen MR) is 80.9 cm³/mol. The summed E-state index contributed by atoms with van der Waals surface area (Å²) in [5.41, 5.74) is 7.76. The Morgan fingerprint density at radius 2 is 1.81 bits per heavy atom. The molecule has 0 aliphatic rings. The molecule has 0 spiro atoms. The summed E-state index contributed by atoms with van der Waals surface area (Å²) in [4.78, 5) is 11.9. The van der Waals surface area contributed by atoms with Gasteiger partial charge in [-0.15, -0.1) is 0 Å². The zero-order valence-corrected chi connectivity index (χ0v) is 12.0. The first-order valence-corrected chi connectivity index (χ1v) is 6.78. The molecule has 0 saturated carbocycles. The maximum Gasteiger partial charge on any atom is 0.323 e. The third-order valence-corrected chi connectivity index (χ3v) is 3.12. The number of benzene rings is 2. The second-order valence-corrected chi connectivity index (χ2v) is 4.76. The molecular weight excluding hydrogens is 266 g/mol. The minimum Gasteiger partial charge on any atom is -0.497 e. The predicted octanol–water partition coefficient (Wildman–Crippen LogP) is 2.31. The second-order valence-electron chi connectivity index (χ2n) is 4.76. The number of hydrogen-bond donors (Lipinski definition) is 1. The minimum absolute atomic E-state index is 0.193. The summed E-state index contributed by atoms with van der Waals surface area (Å²) in [6, 6.07) is 16.4. The zero-order valence-electron chi connectivity index (χ0n) is 12.0. The fourth-order valence-corrected chi connectivity index (χ4v) is 1.98. The van der Waals surface area contributed by atoms with E-state index in [9.17, 15) is 4.79 Å². The van der Waals surface area contributed by atoms with E-state index in [0.29, 0.717) is 6.42 Å². The minimum atomic E-state index is -0.655. The molecule has 2 N–H and O–H groups in total. The van der Waals surface area contributed by atoms with Gasteiger partial charge in [0, 0.05) is 0 Å². The van der Waals surface area contributed by atoms with Gasteiger partial charge in [-0.05, 0) is 29.7 Å². The highest BCUT2D eigenvalue weighted by Gasteiger charge is 2.15. The molecule has 0 saturated heterocycles. The van der Waals surface area contributed by atoms with Gasteiger partial charge < -0.3 is 15.2 Å². The van der Waals surface area contributed by atoms with Crippen molar-refractivity contribution in [3.8, 4) is 5.75 Å². The Hall–Kier alpha value is -2.33. The van der Waals surface area contributed by atoms with E-state index < -0.39 is 12.0 Å². The van der Waals surface area contributed by atoms with Crippen LogP contribution in [-0.4, -0.2) is 19.1 Å². The van der Waals surface area contributed by atoms with E-state index in [4.69, 9.17) is 15.2 Å². The van der Waals surface area contributed by atoms with Crippen LogP contribution in [0.5, 0.6) is 5.75 Å². The highest BCUT2D eigenvalue weighted by molar-refractivity contribution is 5.75. The molecule has 0 amide bonds. The monoisotopic (exact) mass is 285 g/mol. The van der Waals surface area contributed by atoms with Crippen molar-refractivity contribution in [3.63, 3.8) is 0 Å². The Morgan fingerprint density at radius 3 is 2.52 bits per heavy atom. The Morgan fingerprint density at radius 1 is 1.10 bits per heavy atom. The molecule has 21 heavy (non-hydrogen) atoms. The van der Waals surface area contributed by atoms with Crippen LogP contribution < -0.4 is 10.5 Å². The van der Waals surface area contributed by atoms with Crippen LogP contribution >= 0.6 is 0 Å². The van der Waals surface area contributed by atoms with Crippen LogP contribution in [0.4, 0.5) is 0 Å². The Kier molecular flexibility index (Phi) is 5.35. The van der Waals surface area contributed by atoms with E-state index in [1.54, 1.807) is 7.11 Å². The highest BCUT2D eigenvalue weighted by Crippen LogP contribution is 2.13. The van der Waals surface area contributed by atoms with Crippen LogP contribution in [0.3, 0.4) is 0 Å². The van der Waals surface area contributed by atoms with Crippen molar-refractivity contribution in [1.82, 2.24) is 0 Å². The van der Waals surface area contributed by atoms with E-state index in [1.165, 1.54) is 0 Å². The first-order valence-electron chi connectivity index (χ1n) is 6.78. The maximum atomic E-state index is 11.9. The lowest BCUT2D eigenvalue weighted by Crippen LogP contribution is -2.34. The van der Waals surface area contributed by atoms with Crippen molar-refractivity contribution in [3.05, 3.63) is 65.7 Å². The molecule has 0 fully saturated rings.